The van der Waals surface area contributed by atoms with E-state index in [1.807, 2.05) is 0 Å². The second-order valence-electron chi connectivity index (χ2n) is 6.47. The Hall–Kier alpha value is -1.90. The second kappa shape index (κ2) is 7.38. The summed E-state index contributed by atoms with van der Waals surface area (Å²) in [6.45, 7) is 6.91. The van der Waals surface area contributed by atoms with Crippen molar-refractivity contribution in [3.05, 3.63) is 53.6 Å². The predicted molar refractivity (Wildman–Crippen MR) is 103 cm³/mol. The molecule has 0 bridgehead atoms. The van der Waals surface area contributed by atoms with E-state index >= 15 is 0 Å². The fraction of sp³-hybridized carbons (Fsp3) is 0.333. The molecule has 2 rings (SSSR count). The van der Waals surface area contributed by atoms with Gasteiger partial charge in [-0.15, -0.1) is 0 Å². The number of nitrogens with zero attached hydrogens (tertiary/aromatic N) is 1. The molecule has 0 aliphatic carbocycles. The van der Waals surface area contributed by atoms with Crippen LogP contribution in [0, 0.1) is 13.8 Å². The van der Waals surface area contributed by atoms with Crippen LogP contribution in [-0.4, -0.2) is 29.9 Å². The number of sulfonamides is 2. The molecular formula is C18H24N2O4S2. The largest absolute Gasteiger partial charge is 0.269 e. The lowest BCUT2D eigenvalue weighted by atomic mass is 10.1. The van der Waals surface area contributed by atoms with E-state index in [1.165, 1.54) is 25.2 Å². The Balaban J connectivity index is 2.59. The van der Waals surface area contributed by atoms with Crippen LogP contribution >= 0.6 is 0 Å². The highest BCUT2D eigenvalue weighted by atomic mass is 32.2. The van der Waals surface area contributed by atoms with Crippen molar-refractivity contribution in [2.75, 3.05) is 11.4 Å². The smallest absolute Gasteiger partial charge is 0.264 e. The Morgan fingerprint density at radius 2 is 1.50 bits per heavy atom. The highest BCUT2D eigenvalue weighted by Gasteiger charge is 2.26. The summed E-state index contributed by atoms with van der Waals surface area (Å²) in [4.78, 5) is 0.217. The molecule has 0 spiro atoms. The topological polar surface area (TPSA) is 83.6 Å². The summed E-state index contributed by atoms with van der Waals surface area (Å²) in [5, 5.41) is 0. The molecule has 0 radical (unpaired) electrons. The quantitative estimate of drug-likeness (QED) is 0.814. The van der Waals surface area contributed by atoms with Crippen molar-refractivity contribution in [3.63, 3.8) is 0 Å². The molecule has 0 aliphatic rings. The van der Waals surface area contributed by atoms with Crippen LogP contribution in [0.5, 0.6) is 0 Å². The molecule has 0 atom stereocenters. The van der Waals surface area contributed by atoms with Crippen LogP contribution in [0.25, 0.3) is 0 Å². The lowest BCUT2D eigenvalue weighted by molar-refractivity contribution is 0.569. The lowest BCUT2D eigenvalue weighted by Gasteiger charge is -2.23. The van der Waals surface area contributed by atoms with Crippen LogP contribution in [0.4, 0.5) is 5.69 Å². The summed E-state index contributed by atoms with van der Waals surface area (Å²) in [7, 11) is -6.12. The SMILES string of the molecule is Cc1cc(C)c(S(=O)(=O)NC(C)C)cc1N(C)S(=O)(=O)c1ccccc1. The van der Waals surface area contributed by atoms with Crippen LogP contribution in [0.3, 0.4) is 0 Å². The maximum atomic E-state index is 12.9. The van der Waals surface area contributed by atoms with Gasteiger partial charge in [-0.3, -0.25) is 4.31 Å². The first kappa shape index (κ1) is 20.4. The average Bonchev–Trinajstić information content (AvgIpc) is 2.53. The molecule has 26 heavy (non-hydrogen) atoms. The van der Waals surface area contributed by atoms with E-state index in [0.29, 0.717) is 16.8 Å². The van der Waals surface area contributed by atoms with E-state index < -0.39 is 20.0 Å². The lowest BCUT2D eigenvalue weighted by Crippen LogP contribution is -2.31. The van der Waals surface area contributed by atoms with Crippen LogP contribution in [0.1, 0.15) is 25.0 Å². The molecule has 0 saturated heterocycles. The van der Waals surface area contributed by atoms with Crippen molar-refractivity contribution in [2.24, 2.45) is 0 Å². The average molecular weight is 397 g/mol. The molecule has 0 unspecified atom stereocenters. The number of rotatable bonds is 6. The molecule has 8 heteroatoms. The third kappa shape index (κ3) is 4.08. The van der Waals surface area contributed by atoms with Crippen molar-refractivity contribution in [2.45, 2.75) is 43.5 Å². The van der Waals surface area contributed by atoms with Crippen LogP contribution in [0.2, 0.25) is 0 Å². The van der Waals surface area contributed by atoms with Gasteiger partial charge in [-0.05, 0) is 57.0 Å². The summed E-state index contributed by atoms with van der Waals surface area (Å²) in [6, 6.07) is 10.9. The number of anilines is 1. The summed E-state index contributed by atoms with van der Waals surface area (Å²) in [5.41, 5.74) is 1.56. The van der Waals surface area contributed by atoms with Gasteiger partial charge in [0, 0.05) is 13.1 Å². The minimum absolute atomic E-state index is 0.0712. The minimum Gasteiger partial charge on any atom is -0.269 e. The van der Waals surface area contributed by atoms with Crippen LogP contribution in [0.15, 0.2) is 52.3 Å². The van der Waals surface area contributed by atoms with E-state index in [9.17, 15) is 16.8 Å². The first-order valence-electron chi connectivity index (χ1n) is 8.14. The Morgan fingerprint density at radius 3 is 2.04 bits per heavy atom. The molecular weight excluding hydrogens is 372 g/mol. The standard InChI is InChI=1S/C18H24N2O4S2/c1-13(2)19-25(21,22)18-12-17(14(3)11-15(18)4)20(5)26(23,24)16-9-7-6-8-10-16/h6-13,19H,1-5H3. The molecule has 1 N–H and O–H groups in total. The highest BCUT2D eigenvalue weighted by molar-refractivity contribution is 7.92. The van der Waals surface area contributed by atoms with Crippen LogP contribution in [-0.2, 0) is 20.0 Å². The van der Waals surface area contributed by atoms with Gasteiger partial charge in [0.1, 0.15) is 0 Å². The molecule has 0 saturated carbocycles. The van der Waals surface area contributed by atoms with Crippen molar-refractivity contribution >= 4 is 25.7 Å². The summed E-state index contributed by atoms with van der Waals surface area (Å²) in [5.74, 6) is 0. The maximum Gasteiger partial charge on any atom is 0.264 e. The van der Waals surface area contributed by atoms with E-state index in [4.69, 9.17) is 0 Å². The van der Waals surface area contributed by atoms with E-state index in [-0.39, 0.29) is 15.8 Å². The maximum absolute atomic E-state index is 12.9. The number of nitrogens with one attached hydrogen (secondary N) is 1. The third-order valence-electron chi connectivity index (χ3n) is 3.91. The zero-order valence-electron chi connectivity index (χ0n) is 15.5. The third-order valence-corrected chi connectivity index (χ3v) is 7.50. The predicted octanol–water partition coefficient (Wildman–Crippen LogP) is 2.82. The Labute approximate surface area is 156 Å². The van der Waals surface area contributed by atoms with E-state index in [0.717, 1.165) is 4.31 Å². The molecule has 0 amide bonds. The van der Waals surface area contributed by atoms with Crippen molar-refractivity contribution in [3.8, 4) is 0 Å². The van der Waals surface area contributed by atoms with Gasteiger partial charge >= 0.3 is 0 Å². The second-order valence-corrected chi connectivity index (χ2v) is 10.1. The summed E-state index contributed by atoms with van der Waals surface area (Å²) < 4.78 is 54.6. The Kier molecular flexibility index (Phi) is 5.79. The van der Waals surface area contributed by atoms with Crippen molar-refractivity contribution in [1.29, 1.82) is 0 Å². The molecule has 2 aromatic carbocycles. The number of aryl methyl sites for hydroxylation is 2. The molecule has 6 nitrogen and oxygen atoms in total. The van der Waals surface area contributed by atoms with Gasteiger partial charge < -0.3 is 0 Å². The Morgan fingerprint density at radius 1 is 0.923 bits per heavy atom. The molecule has 0 aromatic heterocycles. The first-order valence-corrected chi connectivity index (χ1v) is 11.1. The van der Waals surface area contributed by atoms with Gasteiger partial charge in [-0.2, -0.15) is 0 Å². The van der Waals surface area contributed by atoms with Gasteiger partial charge in [-0.25, -0.2) is 21.6 Å². The zero-order valence-corrected chi connectivity index (χ0v) is 17.1. The van der Waals surface area contributed by atoms with E-state index in [2.05, 4.69) is 4.72 Å². The molecule has 0 aliphatic heterocycles. The van der Waals surface area contributed by atoms with Crippen LogP contribution < -0.4 is 9.03 Å². The van der Waals surface area contributed by atoms with E-state index in [1.54, 1.807) is 52.0 Å². The fourth-order valence-electron chi connectivity index (χ4n) is 2.70. The first-order chi connectivity index (χ1) is 12.0. The number of hydrogen-bond donors (Lipinski definition) is 1. The fourth-order valence-corrected chi connectivity index (χ4v) is 5.47. The molecule has 0 heterocycles. The molecule has 0 fully saturated rings. The van der Waals surface area contributed by atoms with Crippen molar-refractivity contribution in [1.82, 2.24) is 4.72 Å². The van der Waals surface area contributed by atoms with Gasteiger partial charge in [0.05, 0.1) is 15.5 Å². The van der Waals surface area contributed by atoms with Gasteiger partial charge in [0.15, 0.2) is 0 Å². The van der Waals surface area contributed by atoms with Crippen molar-refractivity contribution < 1.29 is 16.8 Å². The minimum atomic E-state index is -3.79. The Bertz CT molecular complexity index is 999. The van der Waals surface area contributed by atoms with Gasteiger partial charge in [-0.1, -0.05) is 24.3 Å². The normalized spacial score (nSPS) is 12.4. The summed E-state index contributed by atoms with van der Waals surface area (Å²) >= 11 is 0. The molecule has 2 aromatic rings. The highest BCUT2D eigenvalue weighted by Crippen LogP contribution is 2.30. The molecule has 142 valence electrons. The zero-order chi connectivity index (χ0) is 19.7. The number of hydrogen-bond acceptors (Lipinski definition) is 4. The van der Waals surface area contributed by atoms with Gasteiger partial charge in [0.2, 0.25) is 10.0 Å². The summed E-state index contributed by atoms with van der Waals surface area (Å²) in [6.07, 6.45) is 0. The monoisotopic (exact) mass is 396 g/mol. The number of benzene rings is 2. The van der Waals surface area contributed by atoms with Gasteiger partial charge in [0.25, 0.3) is 10.0 Å².